The monoisotopic (exact) mass is 273 g/mol. The smallest absolute Gasteiger partial charge is 0.191 e. The molecule has 1 unspecified atom stereocenters. The first-order valence-corrected chi connectivity index (χ1v) is 8.39. The van der Waals surface area contributed by atoms with Crippen molar-refractivity contribution >= 4 is 17.7 Å². The van der Waals surface area contributed by atoms with Crippen LogP contribution in [0.25, 0.3) is 0 Å². The van der Waals surface area contributed by atoms with Crippen LogP contribution in [0, 0.1) is 0 Å². The summed E-state index contributed by atoms with van der Waals surface area (Å²) in [5.74, 6) is 2.17. The number of nitrogens with one attached hydrogen (secondary N) is 2. The van der Waals surface area contributed by atoms with Crippen molar-refractivity contribution in [3.8, 4) is 0 Å². The summed E-state index contributed by atoms with van der Waals surface area (Å²) in [6, 6.07) is 0. The van der Waals surface area contributed by atoms with Crippen LogP contribution < -0.4 is 10.6 Å². The van der Waals surface area contributed by atoms with Crippen LogP contribution >= 0.6 is 11.8 Å². The lowest BCUT2D eigenvalue weighted by Crippen LogP contribution is -2.38. The third-order valence-electron chi connectivity index (χ3n) is 2.89. The van der Waals surface area contributed by atoms with Crippen molar-refractivity contribution in [1.29, 1.82) is 0 Å². The Hall–Kier alpha value is -0.420. The first kappa shape index (κ1) is 15.6. The molecule has 4 nitrogen and oxygen atoms in total. The van der Waals surface area contributed by atoms with Gasteiger partial charge in [0.05, 0.1) is 12.6 Å². The van der Waals surface area contributed by atoms with Gasteiger partial charge in [0.25, 0.3) is 0 Å². The molecule has 1 atom stereocenters. The van der Waals surface area contributed by atoms with Gasteiger partial charge in [-0.15, -0.1) is 0 Å². The van der Waals surface area contributed by atoms with E-state index in [1.807, 2.05) is 11.8 Å². The molecular weight excluding hydrogens is 246 g/mol. The van der Waals surface area contributed by atoms with Gasteiger partial charge in [0.2, 0.25) is 0 Å². The molecule has 0 aromatic heterocycles. The first-order valence-electron chi connectivity index (χ1n) is 6.99. The number of hydrogen-bond acceptors (Lipinski definition) is 3. The Kier molecular flexibility index (Phi) is 9.12. The number of ether oxygens (including phenoxy) is 1. The highest BCUT2D eigenvalue weighted by Gasteiger charge is 2.14. The lowest BCUT2D eigenvalue weighted by molar-refractivity contribution is 0.117. The number of rotatable bonds is 8. The van der Waals surface area contributed by atoms with Crippen molar-refractivity contribution in [3.63, 3.8) is 0 Å². The Morgan fingerprint density at radius 2 is 2.28 bits per heavy atom. The minimum atomic E-state index is 0.331. The molecule has 5 heteroatoms. The molecule has 1 heterocycles. The predicted octanol–water partition coefficient (Wildman–Crippen LogP) is 1.86. The largest absolute Gasteiger partial charge is 0.376 e. The molecule has 0 aromatic carbocycles. The summed E-state index contributed by atoms with van der Waals surface area (Å²) in [5, 5.41) is 6.65. The van der Waals surface area contributed by atoms with E-state index in [0.717, 1.165) is 38.6 Å². The van der Waals surface area contributed by atoms with Crippen LogP contribution in [0.5, 0.6) is 0 Å². The fraction of sp³-hybridized carbons (Fsp3) is 0.923. The molecule has 1 saturated heterocycles. The third kappa shape index (κ3) is 7.11. The van der Waals surface area contributed by atoms with E-state index in [0.29, 0.717) is 6.10 Å². The van der Waals surface area contributed by atoms with E-state index in [1.165, 1.54) is 25.0 Å². The molecule has 2 N–H and O–H groups in total. The van der Waals surface area contributed by atoms with Gasteiger partial charge in [-0.1, -0.05) is 0 Å². The second kappa shape index (κ2) is 10.5. The number of thioether (sulfide) groups is 1. The van der Waals surface area contributed by atoms with Crippen molar-refractivity contribution in [2.45, 2.75) is 38.7 Å². The highest BCUT2D eigenvalue weighted by atomic mass is 32.2. The number of unbranched alkanes of at least 4 members (excludes halogenated alkanes) is 1. The summed E-state index contributed by atoms with van der Waals surface area (Å²) in [6.07, 6.45) is 7.28. The standard InChI is InChI=1S/C13H27N3OS/c1-3-14-13(15-8-4-5-10-18-2)16-11-12-7-6-9-17-12/h12H,3-11H2,1-2H3,(H2,14,15,16). The molecule has 0 aliphatic carbocycles. The minimum absolute atomic E-state index is 0.331. The van der Waals surface area contributed by atoms with Gasteiger partial charge in [-0.3, -0.25) is 4.99 Å². The molecule has 0 amide bonds. The number of nitrogens with zero attached hydrogens (tertiary/aromatic N) is 1. The maximum atomic E-state index is 5.57. The molecular formula is C13H27N3OS. The van der Waals surface area contributed by atoms with E-state index in [2.05, 4.69) is 28.8 Å². The van der Waals surface area contributed by atoms with Gasteiger partial charge in [-0.25, -0.2) is 0 Å². The van der Waals surface area contributed by atoms with Gasteiger partial charge >= 0.3 is 0 Å². The van der Waals surface area contributed by atoms with Crippen molar-refractivity contribution in [2.24, 2.45) is 4.99 Å². The summed E-state index contributed by atoms with van der Waals surface area (Å²) in [7, 11) is 0. The minimum Gasteiger partial charge on any atom is -0.376 e. The Labute approximate surface area is 115 Å². The van der Waals surface area contributed by atoms with Crippen molar-refractivity contribution < 1.29 is 4.74 Å². The molecule has 1 fully saturated rings. The van der Waals surface area contributed by atoms with Gasteiger partial charge in [0.1, 0.15) is 0 Å². The molecule has 0 bridgehead atoms. The lowest BCUT2D eigenvalue weighted by Gasteiger charge is -2.12. The number of guanidine groups is 1. The maximum absolute atomic E-state index is 5.57. The average Bonchev–Trinajstić information content (AvgIpc) is 2.88. The van der Waals surface area contributed by atoms with Crippen LogP contribution in [0.2, 0.25) is 0 Å². The topological polar surface area (TPSA) is 45.7 Å². The molecule has 1 aliphatic heterocycles. The molecule has 0 radical (unpaired) electrons. The molecule has 0 saturated carbocycles. The first-order chi connectivity index (χ1) is 8.86. The molecule has 0 aromatic rings. The van der Waals surface area contributed by atoms with E-state index in [4.69, 9.17) is 4.74 Å². The summed E-state index contributed by atoms with van der Waals surface area (Å²) >= 11 is 1.91. The van der Waals surface area contributed by atoms with E-state index >= 15 is 0 Å². The summed E-state index contributed by atoms with van der Waals surface area (Å²) in [4.78, 5) is 4.58. The van der Waals surface area contributed by atoms with Crippen LogP contribution in [-0.4, -0.2) is 50.3 Å². The van der Waals surface area contributed by atoms with E-state index in [9.17, 15) is 0 Å². The molecule has 1 rings (SSSR count). The fourth-order valence-corrected chi connectivity index (χ4v) is 2.39. The highest BCUT2D eigenvalue weighted by molar-refractivity contribution is 7.98. The predicted molar refractivity (Wildman–Crippen MR) is 80.6 cm³/mol. The summed E-state index contributed by atoms with van der Waals surface area (Å²) < 4.78 is 5.57. The fourth-order valence-electron chi connectivity index (χ4n) is 1.90. The van der Waals surface area contributed by atoms with Crippen LogP contribution in [0.4, 0.5) is 0 Å². The Morgan fingerprint density at radius 3 is 2.94 bits per heavy atom. The van der Waals surface area contributed by atoms with Crippen LogP contribution in [0.3, 0.4) is 0 Å². The van der Waals surface area contributed by atoms with Crippen LogP contribution in [-0.2, 0) is 4.74 Å². The number of aliphatic imine (C=N–C) groups is 1. The van der Waals surface area contributed by atoms with Crippen molar-refractivity contribution in [1.82, 2.24) is 10.6 Å². The zero-order chi connectivity index (χ0) is 13.1. The zero-order valence-electron chi connectivity index (χ0n) is 11.7. The second-order valence-electron chi connectivity index (χ2n) is 4.48. The Morgan fingerprint density at radius 1 is 1.39 bits per heavy atom. The van der Waals surface area contributed by atoms with E-state index in [-0.39, 0.29) is 0 Å². The van der Waals surface area contributed by atoms with Gasteiger partial charge in [-0.05, 0) is 44.6 Å². The normalized spacial score (nSPS) is 20.1. The van der Waals surface area contributed by atoms with Crippen molar-refractivity contribution in [2.75, 3.05) is 38.2 Å². The van der Waals surface area contributed by atoms with Crippen molar-refractivity contribution in [3.05, 3.63) is 0 Å². The summed E-state index contributed by atoms with van der Waals surface area (Å²) in [5.41, 5.74) is 0. The molecule has 18 heavy (non-hydrogen) atoms. The van der Waals surface area contributed by atoms with Crippen LogP contribution in [0.15, 0.2) is 4.99 Å². The highest BCUT2D eigenvalue weighted by Crippen LogP contribution is 2.11. The maximum Gasteiger partial charge on any atom is 0.191 e. The van der Waals surface area contributed by atoms with Gasteiger partial charge in [0.15, 0.2) is 5.96 Å². The third-order valence-corrected chi connectivity index (χ3v) is 3.59. The zero-order valence-corrected chi connectivity index (χ0v) is 12.5. The van der Waals surface area contributed by atoms with Gasteiger partial charge in [-0.2, -0.15) is 11.8 Å². The Balaban J connectivity index is 2.17. The lowest BCUT2D eigenvalue weighted by atomic mass is 10.2. The average molecular weight is 273 g/mol. The number of hydrogen-bond donors (Lipinski definition) is 2. The summed E-state index contributed by atoms with van der Waals surface area (Å²) in [6.45, 7) is 5.68. The van der Waals surface area contributed by atoms with Crippen LogP contribution in [0.1, 0.15) is 32.6 Å². The Bertz CT molecular complexity index is 230. The quantitative estimate of drug-likeness (QED) is 0.402. The van der Waals surface area contributed by atoms with E-state index < -0.39 is 0 Å². The van der Waals surface area contributed by atoms with E-state index in [1.54, 1.807) is 0 Å². The van der Waals surface area contributed by atoms with Gasteiger partial charge in [0, 0.05) is 19.7 Å². The van der Waals surface area contributed by atoms with Gasteiger partial charge < -0.3 is 15.4 Å². The molecule has 106 valence electrons. The SMILES string of the molecule is CCNC(=NCC1CCCO1)NCCCCSC. The second-order valence-corrected chi connectivity index (χ2v) is 5.47. The molecule has 1 aliphatic rings. The molecule has 0 spiro atoms.